The molecular formula is C98H102Cl2F6N8O15. The summed E-state index contributed by atoms with van der Waals surface area (Å²) < 4.78 is 90.3. The van der Waals surface area contributed by atoms with E-state index in [-0.39, 0.29) is 61.3 Å². The molecule has 0 bridgehead atoms. The monoisotopic (exact) mass is 1810 g/mol. The van der Waals surface area contributed by atoms with Crippen LogP contribution in [0.15, 0.2) is 184 Å². The average Bonchev–Trinajstić information content (AvgIpc) is 1.33. The summed E-state index contributed by atoms with van der Waals surface area (Å²) in [4.78, 5) is 77.2. The second kappa shape index (κ2) is 37.8. The third-order valence-corrected chi connectivity index (χ3v) is 27.0. The van der Waals surface area contributed by atoms with Crippen LogP contribution in [0.1, 0.15) is 243 Å². The molecule has 6 fully saturated rings. The Hall–Kier alpha value is -11.1. The first-order chi connectivity index (χ1) is 61.5. The van der Waals surface area contributed by atoms with Crippen LogP contribution in [0.3, 0.4) is 0 Å². The van der Waals surface area contributed by atoms with Crippen molar-refractivity contribution in [2.45, 2.75) is 215 Å². The van der Waals surface area contributed by atoms with Crippen molar-refractivity contribution >= 4 is 69.9 Å². The first-order valence-corrected chi connectivity index (χ1v) is 44.6. The summed E-state index contributed by atoms with van der Waals surface area (Å²) in [5.74, 6) is -2.39. The smallest absolute Gasteiger partial charge is 0.487 e. The molecule has 19 rings (SSSR count). The van der Waals surface area contributed by atoms with E-state index in [0.29, 0.717) is 68.9 Å². The molecule has 23 nitrogen and oxygen atoms in total. The summed E-state index contributed by atoms with van der Waals surface area (Å²) in [7, 11) is 0. The molecule has 0 atom stereocenters. The van der Waals surface area contributed by atoms with Crippen LogP contribution in [0.2, 0.25) is 10.0 Å². The molecule has 2 aliphatic carbocycles. The Bertz CT molecular complexity index is 5600. The third kappa shape index (κ3) is 23.0. The molecule has 9 aliphatic heterocycles. The molecule has 9 heterocycles. The number of alkyl halides is 6. The SMILES string of the molecule is Cc1cc(CN2CCC3(CC2)CC(c2ccc(C(=O)O)cc2)=NO3)cc2c1OC(C)(C)CC2.O=C(O)c1ccc(C2=NOC3(CCN(Cc4ccc(Cl)c(C5CC5)c4)CC3)C2)cc1.O=C(O)c1ccc(C2=NOC3(CCN(Cc4ccc(Cl)c(OC(F)(F)F)c4)CC3)C2)cc1.O=C(O)c1ccc(C2=NOC3(CCN(Cc4ccc(OC(F)(F)F)c(C5CC5)c4)CC3)C2)cc1. The van der Waals surface area contributed by atoms with Gasteiger partial charge in [0.2, 0.25) is 0 Å². The minimum absolute atomic E-state index is 0.0824. The number of aryl methyl sites for hydroxylation is 2. The van der Waals surface area contributed by atoms with Gasteiger partial charge >= 0.3 is 36.6 Å². The zero-order chi connectivity index (χ0) is 90.8. The number of ether oxygens (including phenoxy) is 3. The maximum absolute atomic E-state index is 12.7. The van der Waals surface area contributed by atoms with E-state index in [9.17, 15) is 45.5 Å². The molecule has 4 N–H and O–H groups in total. The summed E-state index contributed by atoms with van der Waals surface area (Å²) in [6.07, 6.45) is 6.55. The Morgan fingerprint density at radius 1 is 0.395 bits per heavy atom. The number of hydrogen-bond acceptors (Lipinski definition) is 19. The molecule has 11 aliphatic rings. The van der Waals surface area contributed by atoms with Crippen LogP contribution in [-0.4, -0.2) is 180 Å². The van der Waals surface area contributed by atoms with E-state index in [1.54, 1.807) is 72.8 Å². The predicted octanol–water partition coefficient (Wildman–Crippen LogP) is 20.4. The van der Waals surface area contributed by atoms with Crippen LogP contribution >= 0.6 is 23.2 Å². The maximum atomic E-state index is 12.7. The van der Waals surface area contributed by atoms with E-state index >= 15 is 0 Å². The van der Waals surface area contributed by atoms with E-state index in [2.05, 4.69) is 94.7 Å². The summed E-state index contributed by atoms with van der Waals surface area (Å²) in [5, 5.41) is 54.3. The predicted molar refractivity (Wildman–Crippen MR) is 472 cm³/mol. The fourth-order valence-corrected chi connectivity index (χ4v) is 18.9. The van der Waals surface area contributed by atoms with Gasteiger partial charge in [-0.25, -0.2) is 19.2 Å². The Morgan fingerprint density at radius 3 is 1.05 bits per heavy atom. The van der Waals surface area contributed by atoms with Gasteiger partial charge in [-0.2, -0.15) is 0 Å². The van der Waals surface area contributed by atoms with Crippen molar-refractivity contribution < 1.29 is 99.5 Å². The number of benzene rings is 8. The number of carbonyl (C=O) groups is 4. The Labute approximate surface area is 753 Å². The van der Waals surface area contributed by atoms with Crippen LogP contribution in [0.5, 0.6) is 17.2 Å². The molecular weight excluding hydrogens is 1710 g/mol. The molecule has 0 amide bonds. The van der Waals surface area contributed by atoms with Crippen LogP contribution in [0, 0.1) is 6.92 Å². The molecule has 0 radical (unpaired) electrons. The van der Waals surface area contributed by atoms with E-state index < -0.39 is 48.0 Å². The number of oxime groups is 4. The van der Waals surface area contributed by atoms with Crippen molar-refractivity contribution in [1.29, 1.82) is 0 Å². The third-order valence-electron chi connectivity index (χ3n) is 26.3. The van der Waals surface area contributed by atoms with Gasteiger partial charge in [0.05, 0.1) is 50.1 Å². The molecule has 0 unspecified atom stereocenters. The number of halogens is 8. The van der Waals surface area contributed by atoms with Gasteiger partial charge in [0.15, 0.2) is 0 Å². The van der Waals surface area contributed by atoms with Crippen LogP contribution < -0.4 is 14.2 Å². The standard InChI is InChI=1S/C27H32N2O4.C25H25F3N2O4.C24H25ClN2O3.C22H20ClF3N2O4/c1-18-14-19(15-22-8-9-26(2,3)32-24(18)22)17-29-12-10-27(11-13-29)16-23(28-33-27)20-4-6-21(7-5-20)25(30)31;26-25(27,28)33-22-8-1-16(13-20(22)17-2-3-17)15-30-11-9-24(10-12-30)14-21(29-34-24)18-4-6-19(7-5-18)23(31)32;25-21-8-1-16(13-20(21)17-2-3-17)15-27-11-9-24(10-12-27)14-22(26-30-24)18-4-6-19(7-5-18)23(28)29;23-17-6-1-14(11-19(17)31-22(24,25)26)13-28-9-7-21(8-10-28)12-18(27-32-21)15-2-4-16(5-3-15)20(29)30/h4-7,14-15H,8-13,16-17H2,1-3H3,(H,30,31);1,4-8,13,17H,2-3,9-12,14-15H2,(H,31,32);1,4-8,13,17H,2-3,9-12,14-15H2,(H,28,29);1-6,11H,7-10,12-13H2,(H,29,30). The van der Waals surface area contributed by atoms with Gasteiger partial charge in [-0.3, -0.25) is 19.6 Å². The van der Waals surface area contributed by atoms with Gasteiger partial charge in [-0.05, 0) is 211 Å². The lowest BCUT2D eigenvalue weighted by Gasteiger charge is -2.37. The molecule has 0 aromatic heterocycles. The lowest BCUT2D eigenvalue weighted by molar-refractivity contribution is -0.275. The van der Waals surface area contributed by atoms with Crippen LogP contribution in [-0.2, 0) is 52.0 Å². The number of carboxylic acids is 4. The van der Waals surface area contributed by atoms with Crippen LogP contribution in [0.25, 0.3) is 0 Å². The summed E-state index contributed by atoms with van der Waals surface area (Å²) in [5.41, 5.74) is 15.6. The molecule has 680 valence electrons. The van der Waals surface area contributed by atoms with Crippen molar-refractivity contribution in [3.8, 4) is 17.2 Å². The minimum Gasteiger partial charge on any atom is -0.487 e. The number of carboxylic acid groups (broad SMARTS) is 4. The van der Waals surface area contributed by atoms with E-state index in [1.165, 1.54) is 71.0 Å². The number of piperidine rings is 4. The number of nitrogens with zero attached hydrogens (tertiary/aromatic N) is 8. The van der Waals surface area contributed by atoms with Crippen molar-refractivity contribution in [1.82, 2.24) is 19.6 Å². The first-order valence-electron chi connectivity index (χ1n) is 43.8. The Balaban J connectivity index is 0.000000126. The topological polar surface area (TPSA) is 276 Å². The second-order valence-corrected chi connectivity index (χ2v) is 37.3. The average molecular weight is 1820 g/mol. The Morgan fingerprint density at radius 2 is 0.705 bits per heavy atom. The highest BCUT2D eigenvalue weighted by Gasteiger charge is 2.48. The zero-order valence-electron chi connectivity index (χ0n) is 71.8. The van der Waals surface area contributed by atoms with Gasteiger partial charge in [0.25, 0.3) is 0 Å². The fourth-order valence-electron chi connectivity index (χ4n) is 18.5. The van der Waals surface area contributed by atoms with E-state index in [1.807, 2.05) is 36.4 Å². The van der Waals surface area contributed by atoms with Crippen LogP contribution in [0.4, 0.5) is 26.3 Å². The van der Waals surface area contributed by atoms with Crippen molar-refractivity contribution in [3.63, 3.8) is 0 Å². The molecule has 31 heteroatoms. The lowest BCUT2D eigenvalue weighted by atomic mass is 9.85. The quantitative estimate of drug-likeness (QED) is 0.0516. The maximum Gasteiger partial charge on any atom is 0.573 e. The molecule has 2 saturated carbocycles. The minimum atomic E-state index is -4.80. The first kappa shape index (κ1) is 91.2. The highest BCUT2D eigenvalue weighted by Crippen LogP contribution is 2.49. The summed E-state index contributed by atoms with van der Waals surface area (Å²) >= 11 is 12.2. The van der Waals surface area contributed by atoms with Gasteiger partial charge in [-0.1, -0.05) is 135 Å². The van der Waals surface area contributed by atoms with Crippen molar-refractivity contribution in [3.05, 3.63) is 263 Å². The number of fused-ring (bicyclic) bond motifs is 1. The number of hydrogen-bond donors (Lipinski definition) is 4. The summed E-state index contributed by atoms with van der Waals surface area (Å²) in [6.45, 7) is 16.4. The molecule has 4 spiro atoms. The van der Waals surface area contributed by atoms with Crippen molar-refractivity contribution in [2.75, 3.05) is 52.4 Å². The lowest BCUT2D eigenvalue weighted by Crippen LogP contribution is -2.44. The normalized spacial score (nSPS) is 20.1. The molecule has 8 aromatic carbocycles. The number of aromatic carboxylic acids is 4. The van der Waals surface area contributed by atoms with Gasteiger partial charge < -0.3 is 54.0 Å². The largest absolute Gasteiger partial charge is 0.573 e. The Kier molecular flexibility index (Phi) is 26.7. The second-order valence-electron chi connectivity index (χ2n) is 36.5. The highest BCUT2D eigenvalue weighted by atomic mass is 35.5. The number of rotatable bonds is 20. The van der Waals surface area contributed by atoms with Gasteiger partial charge in [-0.15, -0.1) is 26.3 Å². The van der Waals surface area contributed by atoms with Crippen molar-refractivity contribution in [2.24, 2.45) is 20.6 Å². The van der Waals surface area contributed by atoms with Gasteiger partial charge in [0.1, 0.15) is 45.3 Å². The zero-order valence-corrected chi connectivity index (χ0v) is 73.3. The fraction of sp³-hybridized carbons (Fsp3) is 0.429. The van der Waals surface area contributed by atoms with E-state index in [4.69, 9.17) is 67.7 Å². The van der Waals surface area contributed by atoms with E-state index in [0.717, 1.165) is 191 Å². The highest BCUT2D eigenvalue weighted by molar-refractivity contribution is 6.32. The van der Waals surface area contributed by atoms with Gasteiger partial charge in [0, 0.05) is 161 Å². The molecule has 4 saturated heterocycles. The molecule has 8 aromatic rings. The molecule has 129 heavy (non-hydrogen) atoms. The summed E-state index contributed by atoms with van der Waals surface area (Å²) in [6, 6.07) is 47.4. The number of likely N-dealkylation sites (tertiary alicyclic amines) is 4.